The highest BCUT2D eigenvalue weighted by molar-refractivity contribution is 4.70. The van der Waals surface area contributed by atoms with E-state index >= 15 is 0 Å². The Morgan fingerprint density at radius 2 is 1.67 bits per heavy atom. The van der Waals surface area contributed by atoms with Crippen LogP contribution in [0.1, 0.15) is 54.4 Å². The summed E-state index contributed by atoms with van der Waals surface area (Å²) >= 11 is 0. The van der Waals surface area contributed by atoms with Crippen LogP contribution < -0.4 is 0 Å². The zero-order valence-corrected chi connectivity index (χ0v) is 9.48. The fourth-order valence-corrected chi connectivity index (χ4v) is 1.03. The molecule has 0 saturated heterocycles. The van der Waals surface area contributed by atoms with Gasteiger partial charge in [0.05, 0.1) is 12.2 Å². The fourth-order valence-electron chi connectivity index (χ4n) is 1.03. The first kappa shape index (κ1) is 12.0. The number of hydrogen-bond acceptors (Lipinski definition) is 1. The lowest BCUT2D eigenvalue weighted by atomic mass is 9.90. The largest absolute Gasteiger partial charge is 0.375 e. The van der Waals surface area contributed by atoms with E-state index in [1.54, 1.807) is 0 Å². The van der Waals surface area contributed by atoms with Crippen LogP contribution in [-0.2, 0) is 4.74 Å². The first-order valence-corrected chi connectivity index (χ1v) is 5.03. The summed E-state index contributed by atoms with van der Waals surface area (Å²) in [6.07, 6.45) is 3.13. The number of hydrogen-bond donors (Lipinski definition) is 0. The molecule has 0 aliphatic heterocycles. The van der Waals surface area contributed by atoms with Gasteiger partial charge in [-0.25, -0.2) is 0 Å². The lowest BCUT2D eigenvalue weighted by molar-refractivity contribution is -0.0507. The molecule has 0 bridgehead atoms. The van der Waals surface area contributed by atoms with Gasteiger partial charge >= 0.3 is 0 Å². The lowest BCUT2D eigenvalue weighted by Gasteiger charge is -2.30. The van der Waals surface area contributed by atoms with E-state index in [1.165, 1.54) is 12.8 Å². The van der Waals surface area contributed by atoms with Crippen LogP contribution >= 0.6 is 0 Å². The van der Waals surface area contributed by atoms with Crippen molar-refractivity contribution in [3.63, 3.8) is 0 Å². The van der Waals surface area contributed by atoms with Crippen molar-refractivity contribution in [3.8, 4) is 0 Å². The minimum Gasteiger partial charge on any atom is -0.375 e. The third kappa shape index (κ3) is 4.76. The monoisotopic (exact) mass is 172 g/mol. The highest BCUT2D eigenvalue weighted by atomic mass is 16.5. The van der Waals surface area contributed by atoms with Gasteiger partial charge in [-0.1, -0.05) is 34.1 Å². The standard InChI is InChI=1S/C11H24O/c1-7-8-9(2)12-10(3)11(4,5)6/h9-10H,7-8H2,1-6H3. The average molecular weight is 172 g/mol. The molecule has 0 aromatic rings. The summed E-state index contributed by atoms with van der Waals surface area (Å²) < 4.78 is 5.86. The molecule has 0 radical (unpaired) electrons. The van der Waals surface area contributed by atoms with Crippen molar-refractivity contribution in [2.24, 2.45) is 5.41 Å². The van der Waals surface area contributed by atoms with E-state index in [-0.39, 0.29) is 5.41 Å². The Kier molecular flexibility index (Phi) is 4.84. The topological polar surface area (TPSA) is 9.23 Å². The van der Waals surface area contributed by atoms with E-state index in [0.29, 0.717) is 12.2 Å². The van der Waals surface area contributed by atoms with Crippen LogP contribution in [0.15, 0.2) is 0 Å². The molecule has 12 heavy (non-hydrogen) atoms. The molecule has 0 heterocycles. The predicted octanol–water partition coefficient (Wildman–Crippen LogP) is 3.63. The van der Waals surface area contributed by atoms with Crippen molar-refractivity contribution in [3.05, 3.63) is 0 Å². The van der Waals surface area contributed by atoms with Gasteiger partial charge in [0.2, 0.25) is 0 Å². The van der Waals surface area contributed by atoms with Crippen LogP contribution in [-0.4, -0.2) is 12.2 Å². The molecule has 0 aromatic carbocycles. The van der Waals surface area contributed by atoms with Crippen molar-refractivity contribution in [2.45, 2.75) is 66.6 Å². The van der Waals surface area contributed by atoms with Gasteiger partial charge in [-0.05, 0) is 25.7 Å². The maximum Gasteiger partial charge on any atom is 0.0598 e. The molecule has 0 fully saturated rings. The molecule has 0 aliphatic rings. The van der Waals surface area contributed by atoms with Gasteiger partial charge in [0.25, 0.3) is 0 Å². The molecule has 0 rings (SSSR count). The Balaban J connectivity index is 3.76. The van der Waals surface area contributed by atoms with E-state index in [2.05, 4.69) is 41.5 Å². The van der Waals surface area contributed by atoms with Crippen molar-refractivity contribution < 1.29 is 4.74 Å². The van der Waals surface area contributed by atoms with Gasteiger partial charge in [0.15, 0.2) is 0 Å². The van der Waals surface area contributed by atoms with Gasteiger partial charge in [0.1, 0.15) is 0 Å². The van der Waals surface area contributed by atoms with Gasteiger partial charge in [-0.2, -0.15) is 0 Å². The van der Waals surface area contributed by atoms with Gasteiger partial charge in [-0.15, -0.1) is 0 Å². The molecule has 0 amide bonds. The molecule has 2 atom stereocenters. The SMILES string of the molecule is CCCC(C)OC(C)C(C)(C)C. The molecule has 0 spiro atoms. The first-order chi connectivity index (χ1) is 5.38. The molecular formula is C11H24O. The molecule has 0 aliphatic carbocycles. The molecule has 0 N–H and O–H groups in total. The molecular weight excluding hydrogens is 148 g/mol. The fraction of sp³-hybridized carbons (Fsp3) is 1.00. The number of ether oxygens (including phenoxy) is 1. The highest BCUT2D eigenvalue weighted by Crippen LogP contribution is 2.23. The van der Waals surface area contributed by atoms with Crippen molar-refractivity contribution in [1.29, 1.82) is 0 Å². The molecule has 2 unspecified atom stereocenters. The summed E-state index contributed by atoms with van der Waals surface area (Å²) in [6.45, 7) is 13.2. The molecule has 74 valence electrons. The van der Waals surface area contributed by atoms with Gasteiger partial charge < -0.3 is 4.74 Å². The quantitative estimate of drug-likeness (QED) is 0.629. The van der Waals surface area contributed by atoms with Crippen molar-refractivity contribution >= 4 is 0 Å². The maximum absolute atomic E-state index is 5.86. The van der Waals surface area contributed by atoms with E-state index in [0.717, 1.165) is 0 Å². The summed E-state index contributed by atoms with van der Waals surface area (Å²) in [5.41, 5.74) is 0.266. The summed E-state index contributed by atoms with van der Waals surface area (Å²) in [4.78, 5) is 0. The second-order valence-corrected chi connectivity index (χ2v) is 4.74. The van der Waals surface area contributed by atoms with Crippen LogP contribution in [0.4, 0.5) is 0 Å². The van der Waals surface area contributed by atoms with Crippen LogP contribution in [0.2, 0.25) is 0 Å². The van der Waals surface area contributed by atoms with Crippen molar-refractivity contribution in [2.75, 3.05) is 0 Å². The van der Waals surface area contributed by atoms with E-state index in [9.17, 15) is 0 Å². The minimum atomic E-state index is 0.266. The Labute approximate surface area is 77.5 Å². The molecule has 1 heteroatoms. The maximum atomic E-state index is 5.86. The molecule has 1 nitrogen and oxygen atoms in total. The summed E-state index contributed by atoms with van der Waals surface area (Å²) in [5.74, 6) is 0. The van der Waals surface area contributed by atoms with Crippen molar-refractivity contribution in [1.82, 2.24) is 0 Å². The third-order valence-electron chi connectivity index (χ3n) is 2.35. The van der Waals surface area contributed by atoms with Gasteiger partial charge in [0, 0.05) is 0 Å². The van der Waals surface area contributed by atoms with E-state index in [4.69, 9.17) is 4.74 Å². The molecule has 0 saturated carbocycles. The minimum absolute atomic E-state index is 0.266. The Bertz CT molecular complexity index is 113. The molecule has 0 aromatic heterocycles. The normalized spacial score (nSPS) is 17.5. The zero-order chi connectivity index (χ0) is 9.78. The van der Waals surface area contributed by atoms with E-state index in [1.807, 2.05) is 0 Å². The second-order valence-electron chi connectivity index (χ2n) is 4.74. The Morgan fingerprint density at radius 1 is 1.17 bits per heavy atom. The Morgan fingerprint density at radius 3 is 2.00 bits per heavy atom. The number of rotatable bonds is 4. The van der Waals surface area contributed by atoms with Gasteiger partial charge in [-0.3, -0.25) is 0 Å². The van der Waals surface area contributed by atoms with E-state index < -0.39 is 0 Å². The Hall–Kier alpha value is -0.0400. The second kappa shape index (κ2) is 4.86. The average Bonchev–Trinajstić information content (AvgIpc) is 1.85. The predicted molar refractivity (Wildman–Crippen MR) is 54.4 cm³/mol. The van der Waals surface area contributed by atoms with Crippen LogP contribution in [0, 0.1) is 5.41 Å². The summed E-state index contributed by atoms with van der Waals surface area (Å²) in [6, 6.07) is 0. The third-order valence-corrected chi connectivity index (χ3v) is 2.35. The van der Waals surface area contributed by atoms with Crippen LogP contribution in [0.3, 0.4) is 0 Å². The summed E-state index contributed by atoms with van der Waals surface area (Å²) in [7, 11) is 0. The smallest absolute Gasteiger partial charge is 0.0598 e. The van der Waals surface area contributed by atoms with Crippen LogP contribution in [0.25, 0.3) is 0 Å². The highest BCUT2D eigenvalue weighted by Gasteiger charge is 2.22. The summed E-state index contributed by atoms with van der Waals surface area (Å²) in [5, 5.41) is 0. The zero-order valence-electron chi connectivity index (χ0n) is 9.48. The van der Waals surface area contributed by atoms with Crippen LogP contribution in [0.5, 0.6) is 0 Å². The first-order valence-electron chi connectivity index (χ1n) is 5.03. The lowest BCUT2D eigenvalue weighted by Crippen LogP contribution is -2.29.